The maximum absolute atomic E-state index is 12.7. The summed E-state index contributed by atoms with van der Waals surface area (Å²) < 4.78 is 0. The van der Waals surface area contributed by atoms with Crippen LogP contribution in [0.25, 0.3) is 0 Å². The second-order valence-electron chi connectivity index (χ2n) is 7.02. The summed E-state index contributed by atoms with van der Waals surface area (Å²) in [5.74, 6) is -2.97. The van der Waals surface area contributed by atoms with Gasteiger partial charge in [-0.3, -0.25) is 14.4 Å². The number of nitrogens with zero attached hydrogens (tertiary/aromatic N) is 1. The van der Waals surface area contributed by atoms with E-state index in [-0.39, 0.29) is 18.7 Å². The Hall–Kier alpha value is -3.18. The first-order chi connectivity index (χ1) is 14.2. The zero-order chi connectivity index (χ0) is 22.3. The van der Waals surface area contributed by atoms with Gasteiger partial charge in [0, 0.05) is 13.0 Å². The summed E-state index contributed by atoms with van der Waals surface area (Å²) in [6.07, 6.45) is 0.938. The second-order valence-corrected chi connectivity index (χ2v) is 7.02. The summed E-state index contributed by atoms with van der Waals surface area (Å²) in [6, 6.07) is 2.76. The molecule has 1 aliphatic heterocycles. The number of hydrogen-bond donors (Lipinski definition) is 6. The number of amides is 3. The summed E-state index contributed by atoms with van der Waals surface area (Å²) >= 11 is 0. The van der Waals surface area contributed by atoms with Crippen LogP contribution in [0.5, 0.6) is 5.75 Å². The van der Waals surface area contributed by atoms with Gasteiger partial charge in [0.1, 0.15) is 23.9 Å². The van der Waals surface area contributed by atoms with Crippen molar-refractivity contribution in [2.45, 2.75) is 37.4 Å². The van der Waals surface area contributed by atoms with Crippen molar-refractivity contribution in [3.63, 3.8) is 0 Å². The fraction of sp³-hybridized carbons (Fsp3) is 0.474. The standard InChI is InChI=1S/C19H26N4O7/c20-13(10-24)17(27)21-9-16(26)23-7-1-2-15(23)18(28)22-14(19(29)30)8-11-3-5-12(25)6-4-11/h3-6,13-15,24-25H,1-2,7-10,20H2,(H,21,27)(H,22,28)(H,29,30). The average Bonchev–Trinajstić information content (AvgIpc) is 3.22. The van der Waals surface area contributed by atoms with Gasteiger partial charge < -0.3 is 36.6 Å². The molecular formula is C19H26N4O7. The number of likely N-dealkylation sites (tertiary alicyclic amines) is 1. The number of phenolic OH excluding ortho intramolecular Hbond substituents is 1. The van der Waals surface area contributed by atoms with E-state index in [4.69, 9.17) is 10.8 Å². The molecule has 11 nitrogen and oxygen atoms in total. The van der Waals surface area contributed by atoms with Crippen molar-refractivity contribution < 1.29 is 34.5 Å². The van der Waals surface area contributed by atoms with Gasteiger partial charge in [-0.25, -0.2) is 4.79 Å². The molecule has 164 valence electrons. The minimum atomic E-state index is -1.22. The molecule has 7 N–H and O–H groups in total. The molecule has 0 aromatic heterocycles. The van der Waals surface area contributed by atoms with Gasteiger partial charge in [0.05, 0.1) is 13.2 Å². The Morgan fingerprint density at radius 2 is 1.87 bits per heavy atom. The highest BCUT2D eigenvalue weighted by molar-refractivity contribution is 5.93. The Balaban J connectivity index is 1.97. The quantitative estimate of drug-likeness (QED) is 0.262. The van der Waals surface area contributed by atoms with Crippen molar-refractivity contribution >= 4 is 23.7 Å². The monoisotopic (exact) mass is 422 g/mol. The Kier molecular flexibility index (Phi) is 8.13. The molecule has 1 saturated heterocycles. The average molecular weight is 422 g/mol. The summed E-state index contributed by atoms with van der Waals surface area (Å²) in [5.41, 5.74) is 5.98. The SMILES string of the molecule is NC(CO)C(=O)NCC(=O)N1CCCC1C(=O)NC(Cc1ccc(O)cc1)C(=O)O. The first-order valence-electron chi connectivity index (χ1n) is 9.47. The number of aromatic hydroxyl groups is 1. The smallest absolute Gasteiger partial charge is 0.326 e. The number of nitrogens with one attached hydrogen (secondary N) is 2. The van der Waals surface area contributed by atoms with E-state index in [2.05, 4.69) is 10.6 Å². The van der Waals surface area contributed by atoms with Crippen LogP contribution in [-0.2, 0) is 25.6 Å². The van der Waals surface area contributed by atoms with E-state index in [1.807, 2.05) is 0 Å². The summed E-state index contributed by atoms with van der Waals surface area (Å²) in [6.45, 7) is -0.646. The molecule has 0 saturated carbocycles. The van der Waals surface area contributed by atoms with Gasteiger partial charge in [-0.05, 0) is 30.5 Å². The van der Waals surface area contributed by atoms with Gasteiger partial charge in [0.25, 0.3) is 0 Å². The van der Waals surface area contributed by atoms with Crippen molar-refractivity contribution in [2.75, 3.05) is 19.7 Å². The maximum Gasteiger partial charge on any atom is 0.326 e. The molecular weight excluding hydrogens is 396 g/mol. The van der Waals surface area contributed by atoms with Gasteiger partial charge in [0.2, 0.25) is 17.7 Å². The first-order valence-corrected chi connectivity index (χ1v) is 9.47. The summed E-state index contributed by atoms with van der Waals surface area (Å²) in [5, 5.41) is 32.4. The Morgan fingerprint density at radius 3 is 2.47 bits per heavy atom. The molecule has 0 spiro atoms. The van der Waals surface area contributed by atoms with E-state index >= 15 is 0 Å². The molecule has 11 heteroatoms. The number of aliphatic hydroxyl groups is 1. The zero-order valence-electron chi connectivity index (χ0n) is 16.3. The predicted octanol–water partition coefficient (Wildman–Crippen LogP) is -2.07. The Morgan fingerprint density at radius 1 is 1.20 bits per heavy atom. The predicted molar refractivity (Wildman–Crippen MR) is 104 cm³/mol. The van der Waals surface area contributed by atoms with Gasteiger partial charge in [-0.2, -0.15) is 0 Å². The molecule has 1 aliphatic rings. The number of nitrogens with two attached hydrogens (primary N) is 1. The number of rotatable bonds is 9. The van der Waals surface area contributed by atoms with Crippen LogP contribution in [0.3, 0.4) is 0 Å². The first kappa shape index (κ1) is 23.1. The van der Waals surface area contributed by atoms with E-state index < -0.39 is 48.4 Å². The Labute approximate surface area is 172 Å². The lowest BCUT2D eigenvalue weighted by Gasteiger charge is -2.26. The molecule has 3 amide bonds. The number of phenols is 1. The number of aliphatic hydroxyl groups excluding tert-OH is 1. The molecule has 1 aromatic rings. The summed E-state index contributed by atoms with van der Waals surface area (Å²) in [4.78, 5) is 49.5. The third-order valence-electron chi connectivity index (χ3n) is 4.81. The molecule has 0 bridgehead atoms. The molecule has 3 unspecified atom stereocenters. The number of carbonyl (C=O) groups is 4. The number of carboxylic acids is 1. The molecule has 30 heavy (non-hydrogen) atoms. The van der Waals surface area contributed by atoms with Gasteiger partial charge >= 0.3 is 5.97 Å². The fourth-order valence-corrected chi connectivity index (χ4v) is 3.15. The number of carbonyl (C=O) groups excluding carboxylic acids is 3. The van der Waals surface area contributed by atoms with Crippen molar-refractivity contribution in [3.8, 4) is 5.75 Å². The van der Waals surface area contributed by atoms with Crippen molar-refractivity contribution in [1.82, 2.24) is 15.5 Å². The van der Waals surface area contributed by atoms with Gasteiger partial charge in [-0.15, -0.1) is 0 Å². The summed E-state index contributed by atoms with van der Waals surface area (Å²) in [7, 11) is 0. The van der Waals surface area contributed by atoms with Crippen LogP contribution in [0.4, 0.5) is 0 Å². The molecule has 2 rings (SSSR count). The van der Waals surface area contributed by atoms with Crippen LogP contribution in [0, 0.1) is 0 Å². The van der Waals surface area contributed by atoms with Crippen LogP contribution in [0.1, 0.15) is 18.4 Å². The molecule has 0 radical (unpaired) electrons. The van der Waals surface area contributed by atoms with Crippen molar-refractivity contribution in [1.29, 1.82) is 0 Å². The van der Waals surface area contributed by atoms with Crippen LogP contribution < -0.4 is 16.4 Å². The highest BCUT2D eigenvalue weighted by Gasteiger charge is 2.36. The van der Waals surface area contributed by atoms with Crippen molar-refractivity contribution in [3.05, 3.63) is 29.8 Å². The Bertz CT molecular complexity index is 784. The van der Waals surface area contributed by atoms with E-state index in [1.54, 1.807) is 12.1 Å². The number of carboxylic acid groups (broad SMARTS) is 1. The molecule has 1 fully saturated rings. The van der Waals surface area contributed by atoms with Crippen LogP contribution in [0.2, 0.25) is 0 Å². The molecule has 0 aliphatic carbocycles. The van der Waals surface area contributed by atoms with E-state index in [0.29, 0.717) is 24.9 Å². The lowest BCUT2D eigenvalue weighted by atomic mass is 10.0. The van der Waals surface area contributed by atoms with Gasteiger partial charge in [-0.1, -0.05) is 12.1 Å². The third-order valence-corrected chi connectivity index (χ3v) is 4.81. The van der Waals surface area contributed by atoms with Crippen LogP contribution in [0.15, 0.2) is 24.3 Å². The minimum Gasteiger partial charge on any atom is -0.508 e. The lowest BCUT2D eigenvalue weighted by Crippen LogP contribution is -2.53. The zero-order valence-corrected chi connectivity index (χ0v) is 16.3. The highest BCUT2D eigenvalue weighted by atomic mass is 16.4. The molecule has 1 heterocycles. The van der Waals surface area contributed by atoms with E-state index in [9.17, 15) is 29.4 Å². The normalized spacial score (nSPS) is 17.8. The molecule has 1 aromatic carbocycles. The molecule has 3 atom stereocenters. The number of aliphatic carboxylic acids is 1. The lowest BCUT2D eigenvalue weighted by molar-refractivity contribution is -0.144. The fourth-order valence-electron chi connectivity index (χ4n) is 3.15. The maximum atomic E-state index is 12.7. The number of benzene rings is 1. The van der Waals surface area contributed by atoms with Crippen LogP contribution in [-0.4, -0.2) is 81.7 Å². The topological polar surface area (TPSA) is 182 Å². The van der Waals surface area contributed by atoms with Crippen LogP contribution >= 0.6 is 0 Å². The van der Waals surface area contributed by atoms with E-state index in [0.717, 1.165) is 0 Å². The van der Waals surface area contributed by atoms with E-state index in [1.165, 1.54) is 17.0 Å². The third kappa shape index (κ3) is 6.16. The number of hydrogen-bond acceptors (Lipinski definition) is 7. The van der Waals surface area contributed by atoms with Gasteiger partial charge in [0.15, 0.2) is 0 Å². The van der Waals surface area contributed by atoms with Crippen molar-refractivity contribution in [2.24, 2.45) is 5.73 Å². The second kappa shape index (κ2) is 10.6. The highest BCUT2D eigenvalue weighted by Crippen LogP contribution is 2.18. The largest absolute Gasteiger partial charge is 0.508 e. The minimum absolute atomic E-state index is 0.0110.